The third kappa shape index (κ3) is 3.58. The summed E-state index contributed by atoms with van der Waals surface area (Å²) in [7, 11) is 1.03. The molecule has 92 valence electrons. The highest BCUT2D eigenvalue weighted by atomic mass is 35.7. The molecule has 0 fully saturated rings. The van der Waals surface area contributed by atoms with E-state index in [1.54, 1.807) is 6.92 Å². The van der Waals surface area contributed by atoms with Gasteiger partial charge in [0.25, 0.3) is 9.05 Å². The average molecular weight is 278 g/mol. The second kappa shape index (κ2) is 5.34. The molecular formula is C10H9ClFNO3S. The third-order valence-corrected chi connectivity index (χ3v) is 3.30. The monoisotopic (exact) mass is 277 g/mol. The Kier molecular flexibility index (Phi) is 4.32. The highest BCUT2D eigenvalue weighted by Crippen LogP contribution is 2.28. The number of rotatable bonds is 4. The predicted octanol–water partition coefficient (Wildman–Crippen LogP) is 2.43. The molecule has 0 saturated carbocycles. The number of benzene rings is 1. The van der Waals surface area contributed by atoms with Crippen molar-refractivity contribution in [3.8, 4) is 11.8 Å². The van der Waals surface area contributed by atoms with Crippen molar-refractivity contribution < 1.29 is 17.5 Å². The standard InChI is InChI=1S/C10H9ClFNO3S/c1-2-8(6-13)16-9-4-3-7(12)5-10(9)17(11,14)15/h3-5,8H,2H2,1H3. The molecule has 1 aromatic carbocycles. The summed E-state index contributed by atoms with van der Waals surface area (Å²) >= 11 is 0. The molecule has 0 N–H and O–H groups in total. The molecule has 0 spiro atoms. The Hall–Kier alpha value is -1.32. The van der Waals surface area contributed by atoms with E-state index in [9.17, 15) is 12.8 Å². The van der Waals surface area contributed by atoms with Gasteiger partial charge in [-0.15, -0.1) is 0 Å². The van der Waals surface area contributed by atoms with Crippen molar-refractivity contribution in [2.75, 3.05) is 0 Å². The topological polar surface area (TPSA) is 67.2 Å². The zero-order valence-corrected chi connectivity index (χ0v) is 10.4. The number of halogens is 2. The molecule has 0 bridgehead atoms. The minimum atomic E-state index is -4.12. The molecule has 1 unspecified atom stereocenters. The Morgan fingerprint density at radius 2 is 2.24 bits per heavy atom. The summed E-state index contributed by atoms with van der Waals surface area (Å²) in [5.74, 6) is -0.878. The van der Waals surface area contributed by atoms with E-state index in [4.69, 9.17) is 20.7 Å². The van der Waals surface area contributed by atoms with E-state index in [1.165, 1.54) is 0 Å². The lowest BCUT2D eigenvalue weighted by Crippen LogP contribution is -2.14. The summed E-state index contributed by atoms with van der Waals surface area (Å²) in [5, 5.41) is 8.70. The molecule has 0 heterocycles. The zero-order chi connectivity index (χ0) is 13.1. The van der Waals surface area contributed by atoms with E-state index in [-0.39, 0.29) is 5.75 Å². The number of ether oxygens (including phenoxy) is 1. The fraction of sp³-hybridized carbons (Fsp3) is 0.300. The van der Waals surface area contributed by atoms with Gasteiger partial charge in [0.1, 0.15) is 22.5 Å². The van der Waals surface area contributed by atoms with Gasteiger partial charge in [0.15, 0.2) is 6.10 Å². The van der Waals surface area contributed by atoms with Crippen LogP contribution in [0.3, 0.4) is 0 Å². The first kappa shape index (κ1) is 13.7. The van der Waals surface area contributed by atoms with Crippen molar-refractivity contribution in [2.24, 2.45) is 0 Å². The molecule has 17 heavy (non-hydrogen) atoms. The van der Waals surface area contributed by atoms with Crippen molar-refractivity contribution in [1.29, 1.82) is 5.26 Å². The van der Waals surface area contributed by atoms with Crippen molar-refractivity contribution in [1.82, 2.24) is 0 Å². The van der Waals surface area contributed by atoms with Crippen LogP contribution in [-0.2, 0) is 9.05 Å². The summed E-state index contributed by atoms with van der Waals surface area (Å²) in [6.45, 7) is 1.70. The second-order valence-electron chi connectivity index (χ2n) is 3.17. The molecule has 0 radical (unpaired) electrons. The second-order valence-corrected chi connectivity index (χ2v) is 5.71. The lowest BCUT2D eigenvalue weighted by atomic mass is 10.3. The van der Waals surface area contributed by atoms with Gasteiger partial charge in [0, 0.05) is 10.7 Å². The van der Waals surface area contributed by atoms with Gasteiger partial charge in [-0.1, -0.05) is 6.92 Å². The molecular weight excluding hydrogens is 269 g/mol. The summed E-state index contributed by atoms with van der Waals surface area (Å²) in [6.07, 6.45) is -0.437. The predicted molar refractivity (Wildman–Crippen MR) is 59.8 cm³/mol. The largest absolute Gasteiger partial charge is 0.474 e. The quantitative estimate of drug-likeness (QED) is 0.793. The Balaban J connectivity index is 3.21. The summed E-state index contributed by atoms with van der Waals surface area (Å²) in [4.78, 5) is -0.479. The first-order valence-electron chi connectivity index (χ1n) is 4.69. The lowest BCUT2D eigenvalue weighted by molar-refractivity contribution is 0.245. The van der Waals surface area contributed by atoms with E-state index in [0.29, 0.717) is 6.42 Å². The Labute approximate surface area is 103 Å². The van der Waals surface area contributed by atoms with Crippen LogP contribution < -0.4 is 4.74 Å². The molecule has 7 heteroatoms. The minimum Gasteiger partial charge on any atom is -0.474 e. The molecule has 0 aliphatic heterocycles. The van der Waals surface area contributed by atoms with Crippen LogP contribution in [0, 0.1) is 17.1 Å². The van der Waals surface area contributed by atoms with Crippen LogP contribution in [0.2, 0.25) is 0 Å². The van der Waals surface area contributed by atoms with Crippen LogP contribution in [-0.4, -0.2) is 14.5 Å². The van der Waals surface area contributed by atoms with Gasteiger partial charge in [-0.3, -0.25) is 0 Å². The molecule has 1 atom stereocenters. The molecule has 4 nitrogen and oxygen atoms in total. The van der Waals surface area contributed by atoms with Crippen LogP contribution in [0.1, 0.15) is 13.3 Å². The van der Waals surface area contributed by atoms with Gasteiger partial charge in [-0.25, -0.2) is 12.8 Å². The normalized spacial score (nSPS) is 12.8. The highest BCUT2D eigenvalue weighted by Gasteiger charge is 2.20. The number of hydrogen-bond donors (Lipinski definition) is 0. The smallest absolute Gasteiger partial charge is 0.265 e. The van der Waals surface area contributed by atoms with Gasteiger partial charge in [0.2, 0.25) is 0 Å². The zero-order valence-electron chi connectivity index (χ0n) is 8.85. The fourth-order valence-electron chi connectivity index (χ4n) is 1.12. The van der Waals surface area contributed by atoms with Crippen LogP contribution in [0.25, 0.3) is 0 Å². The summed E-state index contributed by atoms with van der Waals surface area (Å²) in [6, 6.07) is 4.75. The maximum absolute atomic E-state index is 12.9. The van der Waals surface area contributed by atoms with Crippen LogP contribution in [0.5, 0.6) is 5.75 Å². The van der Waals surface area contributed by atoms with E-state index < -0.39 is 25.9 Å². The van der Waals surface area contributed by atoms with Gasteiger partial charge in [-0.2, -0.15) is 5.26 Å². The highest BCUT2D eigenvalue weighted by molar-refractivity contribution is 8.13. The summed E-state index contributed by atoms with van der Waals surface area (Å²) < 4.78 is 40.5. The lowest BCUT2D eigenvalue weighted by Gasteiger charge is -2.12. The first-order chi connectivity index (χ1) is 7.88. The Morgan fingerprint density at radius 1 is 1.59 bits per heavy atom. The van der Waals surface area contributed by atoms with Gasteiger partial charge >= 0.3 is 0 Å². The average Bonchev–Trinajstić information content (AvgIpc) is 2.26. The van der Waals surface area contributed by atoms with Crippen LogP contribution in [0.15, 0.2) is 23.1 Å². The van der Waals surface area contributed by atoms with Crippen molar-refractivity contribution in [2.45, 2.75) is 24.3 Å². The minimum absolute atomic E-state index is 0.130. The first-order valence-corrected chi connectivity index (χ1v) is 7.00. The van der Waals surface area contributed by atoms with E-state index in [1.807, 2.05) is 6.07 Å². The maximum atomic E-state index is 12.9. The molecule has 0 amide bonds. The summed E-state index contributed by atoms with van der Waals surface area (Å²) in [5.41, 5.74) is 0. The van der Waals surface area contributed by atoms with Crippen molar-refractivity contribution >= 4 is 19.7 Å². The molecule has 1 aromatic rings. The molecule has 0 aromatic heterocycles. The Morgan fingerprint density at radius 3 is 2.71 bits per heavy atom. The maximum Gasteiger partial charge on any atom is 0.265 e. The number of hydrogen-bond acceptors (Lipinski definition) is 4. The van der Waals surface area contributed by atoms with E-state index in [2.05, 4.69) is 0 Å². The molecule has 0 aliphatic carbocycles. The van der Waals surface area contributed by atoms with Crippen LogP contribution in [0.4, 0.5) is 4.39 Å². The van der Waals surface area contributed by atoms with Gasteiger partial charge in [-0.05, 0) is 24.6 Å². The van der Waals surface area contributed by atoms with Crippen molar-refractivity contribution in [3.63, 3.8) is 0 Å². The molecule has 0 aliphatic rings. The van der Waals surface area contributed by atoms with E-state index >= 15 is 0 Å². The Bertz CT molecular complexity index is 553. The number of nitrogens with zero attached hydrogens (tertiary/aromatic N) is 1. The molecule has 1 rings (SSSR count). The van der Waals surface area contributed by atoms with Gasteiger partial charge < -0.3 is 4.74 Å². The van der Waals surface area contributed by atoms with E-state index in [0.717, 1.165) is 18.2 Å². The third-order valence-electron chi connectivity index (χ3n) is 1.95. The number of nitriles is 1. The van der Waals surface area contributed by atoms with Crippen LogP contribution >= 0.6 is 10.7 Å². The van der Waals surface area contributed by atoms with Gasteiger partial charge in [0.05, 0.1) is 0 Å². The molecule has 0 saturated heterocycles. The fourth-order valence-corrected chi connectivity index (χ4v) is 2.10. The van der Waals surface area contributed by atoms with Crippen molar-refractivity contribution in [3.05, 3.63) is 24.0 Å². The SMILES string of the molecule is CCC(C#N)Oc1ccc(F)cc1S(=O)(=O)Cl.